The Hall–Kier alpha value is 0.137. The Morgan fingerprint density at radius 3 is 2.67 bits per heavy atom. The first-order valence-electron chi connectivity index (χ1n) is 2.10. The van der Waals surface area contributed by atoms with Crippen LogP contribution in [0.1, 0.15) is 13.3 Å². The summed E-state index contributed by atoms with van der Waals surface area (Å²) >= 11 is 0. The maximum atomic E-state index is 8.11. The Bertz CT molecular complexity index is 20.8. The van der Waals surface area contributed by atoms with Crippen molar-refractivity contribution in [2.75, 3.05) is 6.61 Å². The van der Waals surface area contributed by atoms with Gasteiger partial charge in [0.05, 0.1) is 0 Å². The van der Waals surface area contributed by atoms with E-state index < -0.39 is 10.0 Å². The van der Waals surface area contributed by atoms with Crippen molar-refractivity contribution >= 4 is 10.0 Å². The lowest BCUT2D eigenvalue weighted by atomic mass is 10.5. The molecule has 0 saturated heterocycles. The van der Waals surface area contributed by atoms with Gasteiger partial charge in [0.1, 0.15) is 0 Å². The molecule has 1 N–H and O–H groups in total. The minimum absolute atomic E-state index is 0.725. The van der Waals surface area contributed by atoms with Gasteiger partial charge in [-0.05, 0) is 6.42 Å². The van der Waals surface area contributed by atoms with E-state index >= 15 is 0 Å². The van der Waals surface area contributed by atoms with E-state index in [1.54, 1.807) is 0 Å². The minimum Gasteiger partial charge on any atom is -0.415 e. The molecule has 0 aromatic heterocycles. The van der Waals surface area contributed by atoms with Crippen molar-refractivity contribution in [2.45, 2.75) is 13.3 Å². The summed E-state index contributed by atoms with van der Waals surface area (Å²) in [6.45, 7) is 2.74. The molecule has 0 saturated carbocycles. The second-order valence-electron chi connectivity index (χ2n) is 1.04. The Kier molecular flexibility index (Phi) is 5.25. The summed E-state index contributed by atoms with van der Waals surface area (Å²) in [6.07, 6.45) is 1.01. The van der Waals surface area contributed by atoms with E-state index in [0.717, 1.165) is 13.0 Å². The van der Waals surface area contributed by atoms with Crippen molar-refractivity contribution in [2.24, 2.45) is 0 Å². The zero-order chi connectivity index (χ0) is 4.83. The first-order chi connectivity index (χ1) is 2.91. The Balaban J connectivity index is 2.34. The van der Waals surface area contributed by atoms with Gasteiger partial charge in [-0.3, -0.25) is 0 Å². The zero-order valence-electron chi connectivity index (χ0n) is 3.98. The summed E-state index contributed by atoms with van der Waals surface area (Å²) < 4.78 is 4.68. The molecule has 0 aromatic carbocycles. The van der Waals surface area contributed by atoms with E-state index in [9.17, 15) is 0 Å². The molecule has 38 valence electrons. The van der Waals surface area contributed by atoms with E-state index in [2.05, 4.69) is 4.43 Å². The molecular weight excluding hydrogens is 96.1 g/mol. The molecule has 0 aromatic rings. The van der Waals surface area contributed by atoms with E-state index in [0.29, 0.717) is 0 Å². The van der Waals surface area contributed by atoms with Crippen LogP contribution in [0.25, 0.3) is 0 Å². The lowest BCUT2D eigenvalue weighted by Crippen LogP contribution is -1.96. The molecule has 0 spiro atoms. The van der Waals surface area contributed by atoms with Crippen LogP contribution in [0.4, 0.5) is 0 Å². The van der Waals surface area contributed by atoms with Crippen molar-refractivity contribution in [3.05, 3.63) is 0 Å². The molecule has 0 bridgehead atoms. The van der Waals surface area contributed by atoms with Crippen molar-refractivity contribution < 1.29 is 9.22 Å². The monoisotopic (exact) mass is 106 g/mol. The molecule has 0 unspecified atom stereocenters. The molecular formula is C3H10O2Si. The highest BCUT2D eigenvalue weighted by Gasteiger charge is 1.75. The van der Waals surface area contributed by atoms with Crippen molar-refractivity contribution in [3.8, 4) is 0 Å². The number of rotatable bonds is 3. The lowest BCUT2D eigenvalue weighted by molar-refractivity contribution is 0.284. The summed E-state index contributed by atoms with van der Waals surface area (Å²) in [5.41, 5.74) is 0. The second kappa shape index (κ2) is 5.14. The molecule has 2 nitrogen and oxygen atoms in total. The van der Waals surface area contributed by atoms with Crippen molar-refractivity contribution in [1.29, 1.82) is 0 Å². The van der Waals surface area contributed by atoms with Crippen LogP contribution in [-0.4, -0.2) is 21.4 Å². The van der Waals surface area contributed by atoms with Crippen LogP contribution in [-0.2, 0) is 4.43 Å². The molecule has 0 aliphatic carbocycles. The quantitative estimate of drug-likeness (QED) is 0.385. The summed E-state index contributed by atoms with van der Waals surface area (Å²) in [7, 11) is -1.10. The van der Waals surface area contributed by atoms with Crippen LogP contribution in [0.2, 0.25) is 0 Å². The Morgan fingerprint density at radius 2 is 2.50 bits per heavy atom. The normalized spacial score (nSPS) is 11.0. The first kappa shape index (κ1) is 6.14. The fourth-order valence-electron chi connectivity index (χ4n) is 0.209. The van der Waals surface area contributed by atoms with Gasteiger partial charge in [-0.1, -0.05) is 6.92 Å². The molecule has 0 aliphatic heterocycles. The van der Waals surface area contributed by atoms with Gasteiger partial charge in [0.2, 0.25) is 0 Å². The van der Waals surface area contributed by atoms with E-state index in [4.69, 9.17) is 4.80 Å². The predicted octanol–water partition coefficient (Wildman–Crippen LogP) is -0.596. The lowest BCUT2D eigenvalue weighted by Gasteiger charge is -1.90. The number of hydrogen-bond donors (Lipinski definition) is 1. The van der Waals surface area contributed by atoms with Crippen molar-refractivity contribution in [1.82, 2.24) is 0 Å². The molecule has 0 aliphatic rings. The zero-order valence-corrected chi connectivity index (χ0v) is 5.39. The molecule has 0 rings (SSSR count). The molecule has 0 amide bonds. The van der Waals surface area contributed by atoms with Crippen LogP contribution in [0.5, 0.6) is 0 Å². The predicted molar refractivity (Wildman–Crippen MR) is 27.0 cm³/mol. The van der Waals surface area contributed by atoms with Gasteiger partial charge >= 0.3 is 10.0 Å². The summed E-state index contributed by atoms with van der Waals surface area (Å²) in [6, 6.07) is 0. The van der Waals surface area contributed by atoms with Gasteiger partial charge in [-0.25, -0.2) is 0 Å². The van der Waals surface area contributed by atoms with Crippen LogP contribution in [0.15, 0.2) is 0 Å². The molecule has 0 heterocycles. The topological polar surface area (TPSA) is 29.5 Å². The second-order valence-corrected chi connectivity index (χ2v) is 1.70. The number of hydrogen-bond acceptors (Lipinski definition) is 2. The van der Waals surface area contributed by atoms with Gasteiger partial charge in [-0.15, -0.1) is 0 Å². The summed E-state index contributed by atoms with van der Waals surface area (Å²) in [5, 5.41) is 0. The average molecular weight is 106 g/mol. The smallest absolute Gasteiger partial charge is 0.301 e. The van der Waals surface area contributed by atoms with Gasteiger partial charge in [0, 0.05) is 6.61 Å². The van der Waals surface area contributed by atoms with Crippen molar-refractivity contribution in [3.63, 3.8) is 0 Å². The van der Waals surface area contributed by atoms with Crippen LogP contribution >= 0.6 is 0 Å². The van der Waals surface area contributed by atoms with Crippen LogP contribution < -0.4 is 0 Å². The fourth-order valence-corrected chi connectivity index (χ4v) is 0.627. The van der Waals surface area contributed by atoms with Gasteiger partial charge < -0.3 is 9.22 Å². The largest absolute Gasteiger partial charge is 0.415 e. The van der Waals surface area contributed by atoms with Crippen LogP contribution in [0.3, 0.4) is 0 Å². The third-order valence-corrected chi connectivity index (χ3v) is 0.911. The summed E-state index contributed by atoms with van der Waals surface area (Å²) in [4.78, 5) is 8.11. The Labute approximate surface area is 40.2 Å². The van der Waals surface area contributed by atoms with Gasteiger partial charge in [0.15, 0.2) is 0 Å². The van der Waals surface area contributed by atoms with Gasteiger partial charge in [-0.2, -0.15) is 0 Å². The standard InChI is InChI=1S/C3H10O2Si/c1-2-3-5-6-4/h4H,2-3,6H2,1H3. The highest BCUT2D eigenvalue weighted by molar-refractivity contribution is 6.15. The SMILES string of the molecule is CCCO[SiH2]O. The highest BCUT2D eigenvalue weighted by atomic mass is 28.2. The first-order valence-corrected chi connectivity index (χ1v) is 3.31. The Morgan fingerprint density at radius 1 is 1.83 bits per heavy atom. The minimum atomic E-state index is -1.10. The average Bonchev–Trinajstić information content (AvgIpc) is 1.61. The van der Waals surface area contributed by atoms with E-state index in [1.165, 1.54) is 0 Å². The van der Waals surface area contributed by atoms with Crippen LogP contribution in [0, 0.1) is 0 Å². The molecule has 0 radical (unpaired) electrons. The van der Waals surface area contributed by atoms with E-state index in [1.807, 2.05) is 6.92 Å². The molecule has 0 atom stereocenters. The maximum Gasteiger partial charge on any atom is 0.301 e. The highest BCUT2D eigenvalue weighted by Crippen LogP contribution is 1.72. The summed E-state index contributed by atoms with van der Waals surface area (Å²) in [5.74, 6) is 0. The fraction of sp³-hybridized carbons (Fsp3) is 1.00. The molecule has 0 fully saturated rings. The third-order valence-electron chi connectivity index (χ3n) is 0.440. The van der Waals surface area contributed by atoms with Gasteiger partial charge in [0.25, 0.3) is 0 Å². The van der Waals surface area contributed by atoms with E-state index in [-0.39, 0.29) is 0 Å². The third kappa shape index (κ3) is 4.14. The molecule has 3 heteroatoms. The molecule has 6 heavy (non-hydrogen) atoms. The maximum absolute atomic E-state index is 8.11.